The largest absolute Gasteiger partial charge is 0.327 e. The number of urea groups is 1. The molecule has 4 rings (SSSR count). The van der Waals surface area contributed by atoms with Crippen molar-refractivity contribution in [3.8, 4) is 5.95 Å². The monoisotopic (exact) mass is 456 g/mol. The predicted molar refractivity (Wildman–Crippen MR) is 132 cm³/mol. The molecule has 0 atom stereocenters. The molecule has 0 aliphatic heterocycles. The van der Waals surface area contributed by atoms with Crippen molar-refractivity contribution in [2.24, 2.45) is 0 Å². The number of anilines is 1. The molecule has 2 aromatic heterocycles. The zero-order chi connectivity index (χ0) is 24.3. The molecule has 0 fully saturated rings. The van der Waals surface area contributed by atoms with E-state index in [4.69, 9.17) is 0 Å². The highest BCUT2D eigenvalue weighted by atomic mass is 16.2. The zero-order valence-corrected chi connectivity index (χ0v) is 19.7. The molecule has 0 saturated carbocycles. The van der Waals surface area contributed by atoms with Crippen LogP contribution in [-0.4, -0.2) is 25.8 Å². The second kappa shape index (κ2) is 9.35. The minimum atomic E-state index is -0.408. The molecule has 174 valence electrons. The van der Waals surface area contributed by atoms with Crippen molar-refractivity contribution in [3.05, 3.63) is 106 Å². The lowest BCUT2D eigenvalue weighted by Crippen LogP contribution is -2.34. The molecular weight excluding hydrogens is 428 g/mol. The lowest BCUT2D eigenvalue weighted by Gasteiger charge is -2.20. The summed E-state index contributed by atoms with van der Waals surface area (Å²) in [6.07, 6.45) is 0. The van der Waals surface area contributed by atoms with E-state index in [1.807, 2.05) is 81.4 Å². The van der Waals surface area contributed by atoms with Gasteiger partial charge in [-0.15, -0.1) is 0 Å². The molecule has 0 spiro atoms. The molecule has 2 amide bonds. The van der Waals surface area contributed by atoms with Crippen LogP contribution in [0.2, 0.25) is 0 Å². The Kier molecular flexibility index (Phi) is 6.32. The van der Waals surface area contributed by atoms with E-state index in [2.05, 4.69) is 25.7 Å². The Hall–Kier alpha value is -4.20. The van der Waals surface area contributed by atoms with Crippen LogP contribution in [0.25, 0.3) is 5.95 Å². The van der Waals surface area contributed by atoms with Crippen LogP contribution in [0.5, 0.6) is 0 Å². The number of carbonyl (C=O) groups excluding carboxylic acids is 1. The highest BCUT2D eigenvalue weighted by Gasteiger charge is 2.23. The first-order valence-corrected chi connectivity index (χ1v) is 11.1. The summed E-state index contributed by atoms with van der Waals surface area (Å²) in [6, 6.07) is 22.0. The molecule has 0 saturated heterocycles. The van der Waals surface area contributed by atoms with Crippen molar-refractivity contribution >= 4 is 11.8 Å². The minimum Gasteiger partial charge on any atom is -0.327 e. The zero-order valence-electron chi connectivity index (χ0n) is 19.7. The van der Waals surface area contributed by atoms with Crippen molar-refractivity contribution in [2.75, 3.05) is 5.32 Å². The van der Waals surface area contributed by atoms with Gasteiger partial charge in [0.2, 0.25) is 5.95 Å². The number of nitrogens with one attached hydrogen (secondary N) is 3. The number of hydrogen-bond donors (Lipinski definition) is 3. The molecule has 2 aromatic carbocycles. The number of benzene rings is 2. The first-order valence-electron chi connectivity index (χ1n) is 11.1. The van der Waals surface area contributed by atoms with Gasteiger partial charge in [-0.05, 0) is 18.1 Å². The third kappa shape index (κ3) is 5.23. The number of H-pyrrole nitrogens is 1. The van der Waals surface area contributed by atoms with E-state index < -0.39 is 6.03 Å². The fourth-order valence-corrected chi connectivity index (χ4v) is 3.60. The van der Waals surface area contributed by atoms with Crippen LogP contribution >= 0.6 is 0 Å². The third-order valence-corrected chi connectivity index (χ3v) is 5.32. The Morgan fingerprint density at radius 1 is 0.971 bits per heavy atom. The second-order valence-corrected chi connectivity index (χ2v) is 9.14. The van der Waals surface area contributed by atoms with Crippen LogP contribution in [-0.2, 0) is 5.41 Å². The topological polar surface area (TPSA) is 105 Å². The molecule has 0 radical (unpaired) electrons. The molecule has 34 heavy (non-hydrogen) atoms. The van der Waals surface area contributed by atoms with Crippen molar-refractivity contribution in [1.82, 2.24) is 25.1 Å². The van der Waals surface area contributed by atoms with Gasteiger partial charge in [0.15, 0.2) is 0 Å². The summed E-state index contributed by atoms with van der Waals surface area (Å²) in [5.41, 5.74) is 2.64. The maximum Gasteiger partial charge on any atom is 0.321 e. The Labute approximate surface area is 198 Å². The van der Waals surface area contributed by atoms with E-state index in [1.165, 1.54) is 10.7 Å². The van der Waals surface area contributed by atoms with Crippen molar-refractivity contribution < 1.29 is 4.79 Å². The van der Waals surface area contributed by atoms with Gasteiger partial charge in [0, 0.05) is 23.2 Å². The van der Waals surface area contributed by atoms with Gasteiger partial charge in [0.05, 0.1) is 11.7 Å². The number of aromatic nitrogens is 4. The molecule has 8 nitrogen and oxygen atoms in total. The van der Waals surface area contributed by atoms with Gasteiger partial charge >= 0.3 is 6.03 Å². The second-order valence-electron chi connectivity index (χ2n) is 9.14. The average molecular weight is 457 g/mol. The first kappa shape index (κ1) is 23.0. The Bertz CT molecular complexity index is 1300. The molecule has 0 aliphatic rings. The van der Waals surface area contributed by atoms with E-state index in [9.17, 15) is 9.59 Å². The fourth-order valence-electron chi connectivity index (χ4n) is 3.60. The summed E-state index contributed by atoms with van der Waals surface area (Å²) in [5.74, 6) is 0.634. The smallest absolute Gasteiger partial charge is 0.321 e. The molecule has 0 bridgehead atoms. The van der Waals surface area contributed by atoms with Crippen LogP contribution < -0.4 is 16.2 Å². The number of nitrogens with zero attached hydrogens (tertiary/aromatic N) is 3. The maximum atomic E-state index is 13.2. The van der Waals surface area contributed by atoms with Gasteiger partial charge in [0.25, 0.3) is 5.56 Å². The summed E-state index contributed by atoms with van der Waals surface area (Å²) in [7, 11) is 0. The standard InChI is InChI=1S/C26H28N6O2/c1-17-15-22(33)29-24(27-17)32-21(16-20(31-32)26(2,3)4)28-25(34)30-23(18-11-7-5-8-12-18)19-13-9-6-10-14-19/h5-16,23H,1-4H3,(H,27,29,33)(H2,28,30,34). The Morgan fingerprint density at radius 2 is 1.56 bits per heavy atom. The SMILES string of the molecule is Cc1cc(=O)[nH]c(-n2nc(C(C)(C)C)cc2NC(=O)NC(c2ccccc2)c2ccccc2)n1. The van der Waals surface area contributed by atoms with Crippen molar-refractivity contribution in [2.45, 2.75) is 39.2 Å². The number of carbonyl (C=O) groups is 1. The quantitative estimate of drug-likeness (QED) is 0.412. The van der Waals surface area contributed by atoms with Gasteiger partial charge in [-0.3, -0.25) is 15.1 Å². The first-order chi connectivity index (χ1) is 16.2. The molecule has 8 heteroatoms. The highest BCUT2D eigenvalue weighted by Crippen LogP contribution is 2.26. The van der Waals surface area contributed by atoms with E-state index in [0.717, 1.165) is 16.8 Å². The maximum absolute atomic E-state index is 13.2. The number of amides is 2. The number of hydrogen-bond acceptors (Lipinski definition) is 4. The van der Waals surface area contributed by atoms with Gasteiger partial charge < -0.3 is 5.32 Å². The van der Waals surface area contributed by atoms with Crippen LogP contribution in [0.4, 0.5) is 10.6 Å². The molecular formula is C26H28N6O2. The van der Waals surface area contributed by atoms with E-state index in [-0.39, 0.29) is 23.0 Å². The Morgan fingerprint density at radius 3 is 2.09 bits per heavy atom. The summed E-state index contributed by atoms with van der Waals surface area (Å²) in [4.78, 5) is 32.3. The molecule has 2 heterocycles. The van der Waals surface area contributed by atoms with E-state index in [1.54, 1.807) is 13.0 Å². The van der Waals surface area contributed by atoms with Crippen LogP contribution in [0.1, 0.15) is 49.3 Å². The summed E-state index contributed by atoms with van der Waals surface area (Å²) < 4.78 is 1.45. The van der Waals surface area contributed by atoms with Crippen molar-refractivity contribution in [3.63, 3.8) is 0 Å². The minimum absolute atomic E-state index is 0.235. The lowest BCUT2D eigenvalue weighted by molar-refractivity contribution is 0.250. The van der Waals surface area contributed by atoms with Crippen molar-refractivity contribution in [1.29, 1.82) is 0 Å². The predicted octanol–water partition coefficient (Wildman–Crippen LogP) is 4.47. The molecule has 0 aliphatic carbocycles. The summed E-state index contributed by atoms with van der Waals surface area (Å²) in [6.45, 7) is 7.81. The van der Waals surface area contributed by atoms with Gasteiger partial charge in [-0.2, -0.15) is 9.78 Å². The summed E-state index contributed by atoms with van der Waals surface area (Å²) in [5, 5.41) is 10.6. The van der Waals surface area contributed by atoms with Gasteiger partial charge in [-0.25, -0.2) is 9.78 Å². The molecule has 0 unspecified atom stereocenters. The fraction of sp³-hybridized carbons (Fsp3) is 0.231. The number of aromatic amines is 1. The molecule has 3 N–H and O–H groups in total. The number of rotatable bonds is 5. The normalized spacial score (nSPS) is 11.4. The van der Waals surface area contributed by atoms with Crippen LogP contribution in [0.15, 0.2) is 77.6 Å². The Balaban J connectivity index is 1.68. The average Bonchev–Trinajstić information content (AvgIpc) is 3.22. The third-order valence-electron chi connectivity index (χ3n) is 5.32. The number of aryl methyl sites for hydroxylation is 1. The van der Waals surface area contributed by atoms with Gasteiger partial charge in [0.1, 0.15) is 5.82 Å². The van der Waals surface area contributed by atoms with E-state index in [0.29, 0.717) is 11.5 Å². The van der Waals surface area contributed by atoms with Crippen LogP contribution in [0.3, 0.4) is 0 Å². The highest BCUT2D eigenvalue weighted by molar-refractivity contribution is 5.89. The van der Waals surface area contributed by atoms with Crippen LogP contribution in [0, 0.1) is 6.92 Å². The van der Waals surface area contributed by atoms with Gasteiger partial charge in [-0.1, -0.05) is 81.4 Å². The molecule has 4 aromatic rings. The van der Waals surface area contributed by atoms with E-state index >= 15 is 0 Å². The lowest BCUT2D eigenvalue weighted by atomic mass is 9.92. The summed E-state index contributed by atoms with van der Waals surface area (Å²) >= 11 is 0.